The van der Waals surface area contributed by atoms with E-state index in [-0.39, 0.29) is 17.2 Å². The van der Waals surface area contributed by atoms with Crippen LogP contribution in [0.15, 0.2) is 11.1 Å². The van der Waals surface area contributed by atoms with Gasteiger partial charge in [0.05, 0.1) is 20.0 Å². The van der Waals surface area contributed by atoms with Crippen LogP contribution in [0.1, 0.15) is 25.7 Å². The summed E-state index contributed by atoms with van der Waals surface area (Å²) in [7, 11) is 1.44. The Bertz CT molecular complexity index is 398. The number of rotatable bonds is 5. The molecule has 16 heavy (non-hydrogen) atoms. The van der Waals surface area contributed by atoms with Gasteiger partial charge in [-0.3, -0.25) is 4.79 Å². The van der Waals surface area contributed by atoms with Crippen LogP contribution in [0.2, 0.25) is 0 Å². The number of methoxy groups -OCH3 is 1. The predicted octanol–water partition coefficient (Wildman–Crippen LogP) is 1.35. The normalized spacial score (nSPS) is 15.6. The maximum absolute atomic E-state index is 11.3. The fourth-order valence-corrected chi connectivity index (χ4v) is 1.76. The van der Waals surface area contributed by atoms with E-state index in [1.807, 2.05) is 0 Å². The molecule has 1 fully saturated rings. The second kappa shape index (κ2) is 5.01. The standard InChI is InChI=1S/C11H16N2O3/c1-15-9-10(14)12-7-13-11(9)16-6-5-8-3-2-4-8/h7-8H,2-6H2,1H3,(H,12,13,14). The fourth-order valence-electron chi connectivity index (χ4n) is 1.76. The zero-order chi connectivity index (χ0) is 11.4. The molecule has 0 atom stereocenters. The molecule has 0 spiro atoms. The highest BCUT2D eigenvalue weighted by molar-refractivity contribution is 5.29. The van der Waals surface area contributed by atoms with Crippen molar-refractivity contribution >= 4 is 0 Å². The fraction of sp³-hybridized carbons (Fsp3) is 0.636. The van der Waals surface area contributed by atoms with Crippen LogP contribution in [0.25, 0.3) is 0 Å². The lowest BCUT2D eigenvalue weighted by Crippen LogP contribution is -2.16. The molecule has 0 bridgehead atoms. The smallest absolute Gasteiger partial charge is 0.297 e. The molecule has 1 aromatic heterocycles. The molecule has 5 nitrogen and oxygen atoms in total. The van der Waals surface area contributed by atoms with Crippen molar-refractivity contribution in [3.63, 3.8) is 0 Å². The first kappa shape index (κ1) is 11.0. The number of aromatic amines is 1. The summed E-state index contributed by atoms with van der Waals surface area (Å²) in [5, 5.41) is 0. The number of ether oxygens (including phenoxy) is 2. The van der Waals surface area contributed by atoms with Crippen molar-refractivity contribution in [1.29, 1.82) is 0 Å². The molecule has 1 heterocycles. The van der Waals surface area contributed by atoms with Gasteiger partial charge in [-0.25, -0.2) is 4.98 Å². The van der Waals surface area contributed by atoms with E-state index in [9.17, 15) is 4.79 Å². The van der Waals surface area contributed by atoms with Crippen LogP contribution >= 0.6 is 0 Å². The number of hydrogen-bond acceptors (Lipinski definition) is 4. The second-order valence-electron chi connectivity index (χ2n) is 4.00. The minimum absolute atomic E-state index is 0.149. The summed E-state index contributed by atoms with van der Waals surface area (Å²) in [5.41, 5.74) is -0.309. The van der Waals surface area contributed by atoms with E-state index in [4.69, 9.17) is 9.47 Å². The molecule has 1 saturated carbocycles. The topological polar surface area (TPSA) is 64.2 Å². The Morgan fingerprint density at radius 2 is 2.38 bits per heavy atom. The van der Waals surface area contributed by atoms with Crippen molar-refractivity contribution in [2.75, 3.05) is 13.7 Å². The van der Waals surface area contributed by atoms with Gasteiger partial charge in [-0.05, 0) is 12.3 Å². The van der Waals surface area contributed by atoms with Crippen molar-refractivity contribution in [1.82, 2.24) is 9.97 Å². The third kappa shape index (κ3) is 2.35. The lowest BCUT2D eigenvalue weighted by molar-refractivity contribution is 0.210. The maximum atomic E-state index is 11.3. The van der Waals surface area contributed by atoms with Gasteiger partial charge >= 0.3 is 0 Å². The SMILES string of the molecule is COc1c(OCCC2CCC2)nc[nH]c1=O. The summed E-state index contributed by atoms with van der Waals surface area (Å²) in [4.78, 5) is 17.7. The molecule has 1 aliphatic rings. The summed E-state index contributed by atoms with van der Waals surface area (Å²) in [6.07, 6.45) is 6.27. The zero-order valence-electron chi connectivity index (χ0n) is 9.36. The van der Waals surface area contributed by atoms with Crippen LogP contribution in [0.3, 0.4) is 0 Å². The zero-order valence-corrected chi connectivity index (χ0v) is 9.36. The highest BCUT2D eigenvalue weighted by Gasteiger charge is 2.18. The van der Waals surface area contributed by atoms with Crippen molar-refractivity contribution in [2.24, 2.45) is 5.92 Å². The average molecular weight is 224 g/mol. The van der Waals surface area contributed by atoms with Crippen molar-refractivity contribution in [2.45, 2.75) is 25.7 Å². The molecule has 0 saturated heterocycles. The Hall–Kier alpha value is -1.52. The van der Waals surface area contributed by atoms with E-state index in [2.05, 4.69) is 9.97 Å². The van der Waals surface area contributed by atoms with E-state index in [1.165, 1.54) is 32.7 Å². The van der Waals surface area contributed by atoms with Gasteiger partial charge in [-0.2, -0.15) is 0 Å². The molecule has 1 N–H and O–H groups in total. The van der Waals surface area contributed by atoms with Crippen LogP contribution in [-0.4, -0.2) is 23.7 Å². The lowest BCUT2D eigenvalue weighted by Gasteiger charge is -2.24. The monoisotopic (exact) mass is 224 g/mol. The minimum atomic E-state index is -0.309. The van der Waals surface area contributed by atoms with Crippen molar-refractivity contribution < 1.29 is 9.47 Å². The first-order chi connectivity index (χ1) is 7.81. The summed E-state index contributed by atoms with van der Waals surface area (Å²) in [6.45, 7) is 0.595. The van der Waals surface area contributed by atoms with E-state index in [1.54, 1.807) is 0 Å². The van der Waals surface area contributed by atoms with Gasteiger partial charge in [-0.1, -0.05) is 19.3 Å². The number of aromatic nitrogens is 2. The number of H-pyrrole nitrogens is 1. The molecule has 0 aliphatic heterocycles. The van der Waals surface area contributed by atoms with Gasteiger partial charge in [0.15, 0.2) is 0 Å². The van der Waals surface area contributed by atoms with Gasteiger partial charge in [0, 0.05) is 0 Å². The molecule has 0 unspecified atom stereocenters. The molecule has 1 aliphatic carbocycles. The van der Waals surface area contributed by atoms with Crippen LogP contribution in [0.4, 0.5) is 0 Å². The van der Waals surface area contributed by atoms with E-state index in [0.29, 0.717) is 6.61 Å². The molecule has 0 aromatic carbocycles. The lowest BCUT2D eigenvalue weighted by atomic mass is 9.83. The van der Waals surface area contributed by atoms with E-state index >= 15 is 0 Å². The molecule has 0 amide bonds. The Labute approximate surface area is 93.8 Å². The molecule has 0 radical (unpaired) electrons. The summed E-state index contributed by atoms with van der Waals surface area (Å²) >= 11 is 0. The highest BCUT2D eigenvalue weighted by Crippen LogP contribution is 2.29. The first-order valence-corrected chi connectivity index (χ1v) is 5.55. The molecule has 1 aromatic rings. The summed E-state index contributed by atoms with van der Waals surface area (Å²) in [6, 6.07) is 0. The third-order valence-corrected chi connectivity index (χ3v) is 2.97. The van der Waals surface area contributed by atoms with E-state index in [0.717, 1.165) is 12.3 Å². The number of nitrogens with zero attached hydrogens (tertiary/aromatic N) is 1. The van der Waals surface area contributed by atoms with E-state index < -0.39 is 0 Å². The van der Waals surface area contributed by atoms with Crippen molar-refractivity contribution in [3.8, 4) is 11.6 Å². The quantitative estimate of drug-likeness (QED) is 0.819. The van der Waals surface area contributed by atoms with Crippen LogP contribution in [0.5, 0.6) is 11.6 Å². The number of hydrogen-bond donors (Lipinski definition) is 1. The first-order valence-electron chi connectivity index (χ1n) is 5.55. The van der Waals surface area contributed by atoms with Gasteiger partial charge in [-0.15, -0.1) is 0 Å². The molecular formula is C11H16N2O3. The van der Waals surface area contributed by atoms with Gasteiger partial charge in [0.2, 0.25) is 5.75 Å². The Morgan fingerprint density at radius 3 is 3.00 bits per heavy atom. The Kier molecular flexibility index (Phi) is 3.44. The molecular weight excluding hydrogens is 208 g/mol. The molecule has 88 valence electrons. The van der Waals surface area contributed by atoms with Gasteiger partial charge < -0.3 is 14.5 Å². The van der Waals surface area contributed by atoms with Gasteiger partial charge in [0.1, 0.15) is 0 Å². The van der Waals surface area contributed by atoms with Crippen molar-refractivity contribution in [3.05, 3.63) is 16.7 Å². The predicted molar refractivity (Wildman–Crippen MR) is 58.9 cm³/mol. The largest absolute Gasteiger partial charge is 0.487 e. The minimum Gasteiger partial charge on any atom is -0.487 e. The molecule has 5 heteroatoms. The number of nitrogens with one attached hydrogen (secondary N) is 1. The second-order valence-corrected chi connectivity index (χ2v) is 4.00. The van der Waals surface area contributed by atoms with Crippen LogP contribution in [0, 0.1) is 5.92 Å². The Morgan fingerprint density at radius 1 is 1.56 bits per heavy atom. The van der Waals surface area contributed by atoms with Crippen LogP contribution < -0.4 is 15.0 Å². The molecule has 2 rings (SSSR count). The average Bonchev–Trinajstić information content (AvgIpc) is 2.22. The maximum Gasteiger partial charge on any atom is 0.297 e. The summed E-state index contributed by atoms with van der Waals surface area (Å²) < 4.78 is 10.4. The Balaban J connectivity index is 1.92. The summed E-state index contributed by atoms with van der Waals surface area (Å²) in [5.74, 6) is 1.22. The third-order valence-electron chi connectivity index (χ3n) is 2.97. The van der Waals surface area contributed by atoms with Gasteiger partial charge in [0.25, 0.3) is 11.4 Å². The van der Waals surface area contributed by atoms with Crippen LogP contribution in [-0.2, 0) is 0 Å². The highest BCUT2D eigenvalue weighted by atomic mass is 16.5.